The second-order valence-corrected chi connectivity index (χ2v) is 9.04. The summed E-state index contributed by atoms with van der Waals surface area (Å²) in [5.41, 5.74) is 0.801. The van der Waals surface area contributed by atoms with Gasteiger partial charge in [0.15, 0.2) is 5.82 Å². The molecule has 1 saturated carbocycles. The standard InChI is InChI=1S/C24H25F3N6O2/c25-24(26,27)21(30-16-2-1-3-16)14-4-6-17(7-5-14)31-22-20-18(8-10-29-23(20)34)33(32-22)19-13-35-11-9-15(19)12-28/h4-8,10,15-16,19,21,30H,1-3,9,11,13H2,(H,29,34)(H,31,32)/t15?,19-,21?/m0/s1. The number of nitrogens with zero attached hydrogens (tertiary/aromatic N) is 3. The van der Waals surface area contributed by atoms with Gasteiger partial charge in [0.05, 0.1) is 30.2 Å². The maximum atomic E-state index is 13.7. The summed E-state index contributed by atoms with van der Waals surface area (Å²) in [4.78, 5) is 15.3. The fourth-order valence-corrected chi connectivity index (χ4v) is 4.64. The predicted molar refractivity (Wildman–Crippen MR) is 123 cm³/mol. The second-order valence-electron chi connectivity index (χ2n) is 9.04. The van der Waals surface area contributed by atoms with Crippen LogP contribution in [-0.4, -0.2) is 40.2 Å². The van der Waals surface area contributed by atoms with E-state index in [1.807, 2.05) is 0 Å². The van der Waals surface area contributed by atoms with Crippen molar-refractivity contribution in [2.45, 2.75) is 50.0 Å². The number of alkyl halides is 3. The quantitative estimate of drug-likeness (QED) is 0.479. The largest absolute Gasteiger partial charge is 0.407 e. The SMILES string of the molecule is N#CC1CCOC[C@@H]1n1nc(Nc2ccc(C(NC3CCC3)C(F)(F)F)cc2)c2c(=O)[nH]ccc21. The van der Waals surface area contributed by atoms with Gasteiger partial charge in [-0.2, -0.15) is 23.5 Å². The molecule has 3 N–H and O–H groups in total. The molecule has 3 aromatic rings. The van der Waals surface area contributed by atoms with E-state index in [0.717, 1.165) is 19.3 Å². The Labute approximate surface area is 199 Å². The van der Waals surface area contributed by atoms with Crippen LogP contribution in [0.15, 0.2) is 41.3 Å². The Morgan fingerprint density at radius 2 is 1.97 bits per heavy atom. The zero-order valence-electron chi connectivity index (χ0n) is 18.8. The van der Waals surface area contributed by atoms with Gasteiger partial charge < -0.3 is 15.0 Å². The number of aromatic amines is 1. The van der Waals surface area contributed by atoms with E-state index in [9.17, 15) is 23.2 Å². The van der Waals surface area contributed by atoms with Gasteiger partial charge in [-0.25, -0.2) is 0 Å². The maximum absolute atomic E-state index is 13.7. The predicted octanol–water partition coefficient (Wildman–Crippen LogP) is 4.31. The van der Waals surface area contributed by atoms with Crippen LogP contribution >= 0.6 is 0 Å². The van der Waals surface area contributed by atoms with Gasteiger partial charge >= 0.3 is 6.18 Å². The molecule has 3 atom stereocenters. The molecule has 11 heteroatoms. The minimum absolute atomic E-state index is 0.123. The third kappa shape index (κ3) is 4.63. The number of halogens is 3. The summed E-state index contributed by atoms with van der Waals surface area (Å²) in [6.07, 6.45) is 0.0908. The van der Waals surface area contributed by atoms with Crippen molar-refractivity contribution in [3.8, 4) is 6.07 Å². The lowest BCUT2D eigenvalue weighted by atomic mass is 9.91. The van der Waals surface area contributed by atoms with Gasteiger partial charge in [0.1, 0.15) is 11.4 Å². The minimum Gasteiger partial charge on any atom is -0.379 e. The average Bonchev–Trinajstić information content (AvgIpc) is 3.17. The molecule has 8 nitrogen and oxygen atoms in total. The van der Waals surface area contributed by atoms with Crippen molar-refractivity contribution in [1.29, 1.82) is 5.26 Å². The summed E-state index contributed by atoms with van der Waals surface area (Å²) >= 11 is 0. The zero-order chi connectivity index (χ0) is 24.6. The number of H-pyrrole nitrogens is 1. The third-order valence-electron chi connectivity index (χ3n) is 6.78. The van der Waals surface area contributed by atoms with Crippen LogP contribution in [-0.2, 0) is 4.74 Å². The first-order valence-corrected chi connectivity index (χ1v) is 11.6. The van der Waals surface area contributed by atoms with Gasteiger partial charge in [-0.3, -0.25) is 14.8 Å². The van der Waals surface area contributed by atoms with Gasteiger partial charge in [-0.15, -0.1) is 0 Å². The lowest BCUT2D eigenvalue weighted by molar-refractivity contribution is -0.161. The molecule has 35 heavy (non-hydrogen) atoms. The van der Waals surface area contributed by atoms with Crippen molar-refractivity contribution < 1.29 is 17.9 Å². The van der Waals surface area contributed by atoms with Crippen LogP contribution in [0.2, 0.25) is 0 Å². The number of nitrogens with one attached hydrogen (secondary N) is 3. The van der Waals surface area contributed by atoms with Crippen molar-refractivity contribution in [2.75, 3.05) is 18.5 Å². The van der Waals surface area contributed by atoms with E-state index in [2.05, 4.69) is 26.8 Å². The van der Waals surface area contributed by atoms with Crippen molar-refractivity contribution in [1.82, 2.24) is 20.1 Å². The van der Waals surface area contributed by atoms with Crippen LogP contribution in [0, 0.1) is 17.2 Å². The summed E-state index contributed by atoms with van der Waals surface area (Å²) in [6.45, 7) is 0.781. The Balaban J connectivity index is 1.44. The molecule has 184 valence electrons. The van der Waals surface area contributed by atoms with E-state index < -0.39 is 12.2 Å². The normalized spacial score (nSPS) is 21.9. The van der Waals surface area contributed by atoms with Crippen LogP contribution in [0.4, 0.5) is 24.7 Å². The Morgan fingerprint density at radius 1 is 1.20 bits per heavy atom. The lowest BCUT2D eigenvalue weighted by Crippen LogP contribution is -2.43. The monoisotopic (exact) mass is 486 g/mol. The molecule has 0 radical (unpaired) electrons. The number of pyridine rings is 1. The van der Waals surface area contributed by atoms with E-state index in [0.29, 0.717) is 36.2 Å². The van der Waals surface area contributed by atoms with Crippen molar-refractivity contribution in [2.24, 2.45) is 5.92 Å². The van der Waals surface area contributed by atoms with E-state index in [-0.39, 0.29) is 34.9 Å². The van der Waals surface area contributed by atoms with Gasteiger partial charge in [-0.1, -0.05) is 18.6 Å². The number of aromatic nitrogens is 3. The topological polar surface area (TPSA) is 108 Å². The molecule has 2 aromatic heterocycles. The number of benzene rings is 1. The number of nitriles is 1. The summed E-state index contributed by atoms with van der Waals surface area (Å²) in [6, 6.07) is 7.72. The van der Waals surface area contributed by atoms with Crippen LogP contribution in [0.25, 0.3) is 10.9 Å². The third-order valence-corrected chi connectivity index (χ3v) is 6.78. The van der Waals surface area contributed by atoms with Crippen molar-refractivity contribution >= 4 is 22.4 Å². The molecule has 1 aromatic carbocycles. The summed E-state index contributed by atoms with van der Waals surface area (Å²) in [5, 5.41) is 20.3. The summed E-state index contributed by atoms with van der Waals surface area (Å²) in [5.74, 6) is -0.0578. The molecule has 0 bridgehead atoms. The number of fused-ring (bicyclic) bond motifs is 1. The second kappa shape index (κ2) is 9.36. The van der Waals surface area contributed by atoms with Gasteiger partial charge in [0, 0.05) is 24.5 Å². The van der Waals surface area contributed by atoms with Gasteiger partial charge in [0.2, 0.25) is 0 Å². The van der Waals surface area contributed by atoms with Crippen LogP contribution in [0.1, 0.15) is 43.3 Å². The number of rotatable bonds is 6. The molecule has 0 amide bonds. The Hall–Kier alpha value is -3.36. The van der Waals surface area contributed by atoms with Crippen LogP contribution in [0.5, 0.6) is 0 Å². The first-order chi connectivity index (χ1) is 16.8. The molecule has 1 aliphatic carbocycles. The number of anilines is 2. The number of ether oxygens (including phenoxy) is 1. The Bertz CT molecular complexity index is 1290. The fourth-order valence-electron chi connectivity index (χ4n) is 4.64. The first kappa shape index (κ1) is 23.4. The molecule has 0 spiro atoms. The van der Waals surface area contributed by atoms with Crippen LogP contribution < -0.4 is 16.2 Å². The maximum Gasteiger partial charge on any atom is 0.407 e. The van der Waals surface area contributed by atoms with Gasteiger partial charge in [-0.05, 0) is 43.0 Å². The summed E-state index contributed by atoms with van der Waals surface area (Å²) < 4.78 is 48.2. The number of hydrogen-bond donors (Lipinski definition) is 3. The van der Waals surface area contributed by atoms with Crippen molar-refractivity contribution in [3.63, 3.8) is 0 Å². The highest BCUT2D eigenvalue weighted by molar-refractivity contribution is 5.91. The first-order valence-electron chi connectivity index (χ1n) is 11.6. The minimum atomic E-state index is -4.41. The molecule has 1 aliphatic heterocycles. The highest BCUT2D eigenvalue weighted by Gasteiger charge is 2.42. The Kier molecular flexibility index (Phi) is 6.25. The van der Waals surface area contributed by atoms with Crippen molar-refractivity contribution in [3.05, 3.63) is 52.4 Å². The van der Waals surface area contributed by atoms with E-state index in [1.165, 1.54) is 18.3 Å². The molecule has 1 saturated heterocycles. The highest BCUT2D eigenvalue weighted by Crippen LogP contribution is 2.36. The molecule has 2 aliphatic rings. The van der Waals surface area contributed by atoms with Crippen LogP contribution in [0.3, 0.4) is 0 Å². The van der Waals surface area contributed by atoms with E-state index in [1.54, 1.807) is 22.9 Å². The highest BCUT2D eigenvalue weighted by atomic mass is 19.4. The molecule has 2 unspecified atom stereocenters. The molecular formula is C24H25F3N6O2. The summed E-state index contributed by atoms with van der Waals surface area (Å²) in [7, 11) is 0. The smallest absolute Gasteiger partial charge is 0.379 e. The molecule has 3 heterocycles. The molecule has 2 fully saturated rings. The van der Waals surface area contributed by atoms with Gasteiger partial charge in [0.25, 0.3) is 5.56 Å². The Morgan fingerprint density at radius 3 is 2.63 bits per heavy atom. The zero-order valence-corrected chi connectivity index (χ0v) is 18.8. The lowest BCUT2D eigenvalue weighted by Gasteiger charge is -2.32. The fraction of sp³-hybridized carbons (Fsp3) is 0.458. The average molecular weight is 486 g/mol. The number of hydrogen-bond acceptors (Lipinski definition) is 6. The van der Waals surface area contributed by atoms with E-state index in [4.69, 9.17) is 4.74 Å². The molecule has 5 rings (SSSR count). The van der Waals surface area contributed by atoms with E-state index >= 15 is 0 Å². The molecular weight excluding hydrogens is 461 g/mol.